The van der Waals surface area contributed by atoms with E-state index >= 15 is 0 Å². The smallest absolute Gasteiger partial charge is 0.337 e. The molecule has 1 fully saturated rings. The Bertz CT molecular complexity index is 473. The van der Waals surface area contributed by atoms with Gasteiger partial charge in [-0.15, -0.1) is 0 Å². The summed E-state index contributed by atoms with van der Waals surface area (Å²) in [5.74, 6) is -1.37. The summed E-state index contributed by atoms with van der Waals surface area (Å²) < 4.78 is 10.0. The molecule has 1 aromatic rings. The number of nitrogens with one attached hydrogen (secondary N) is 1. The maximum atomic E-state index is 11.0. The first-order valence-corrected chi connectivity index (χ1v) is 5.45. The summed E-state index contributed by atoms with van der Waals surface area (Å²) in [6.45, 7) is 1.49. The highest BCUT2D eigenvalue weighted by atomic mass is 16.6. The molecule has 6 nitrogen and oxygen atoms in total. The molecule has 0 radical (unpaired) electrons. The average Bonchev–Trinajstić information content (AvgIpc) is 3.05. The lowest BCUT2D eigenvalue weighted by molar-refractivity contribution is -0.141. The lowest BCUT2D eigenvalue weighted by Crippen LogP contribution is -2.15. The first-order chi connectivity index (χ1) is 8.58. The first-order valence-electron chi connectivity index (χ1n) is 5.45. The Hall–Kier alpha value is -2.08. The van der Waals surface area contributed by atoms with E-state index < -0.39 is 5.97 Å². The van der Waals surface area contributed by atoms with Gasteiger partial charge in [0.1, 0.15) is 12.7 Å². The van der Waals surface area contributed by atoms with Crippen molar-refractivity contribution in [1.29, 1.82) is 0 Å². The van der Waals surface area contributed by atoms with Gasteiger partial charge in [-0.05, 0) is 12.1 Å². The van der Waals surface area contributed by atoms with Crippen molar-refractivity contribution >= 4 is 17.6 Å². The van der Waals surface area contributed by atoms with Crippen LogP contribution in [0.15, 0.2) is 24.3 Å². The fraction of sp³-hybridized carbons (Fsp3) is 0.333. The van der Waals surface area contributed by atoms with Crippen molar-refractivity contribution < 1.29 is 24.2 Å². The summed E-state index contributed by atoms with van der Waals surface area (Å²) in [5.41, 5.74) is 0.666. The standard InChI is InChI=1S/C12H13NO5/c1-7(14)17-6-10-11(18-10)13-9-5-3-2-4-8(9)12(15)16/h2-5,10-11,13H,6H2,1H3,(H,15,16). The molecule has 0 spiro atoms. The minimum Gasteiger partial charge on any atom is -0.478 e. The highest BCUT2D eigenvalue weighted by molar-refractivity contribution is 5.94. The largest absolute Gasteiger partial charge is 0.478 e. The van der Waals surface area contributed by atoms with Crippen LogP contribution in [0.1, 0.15) is 17.3 Å². The fourth-order valence-corrected chi connectivity index (χ4v) is 1.54. The van der Waals surface area contributed by atoms with Gasteiger partial charge in [0.2, 0.25) is 0 Å². The van der Waals surface area contributed by atoms with E-state index in [0.29, 0.717) is 5.69 Å². The number of ether oxygens (including phenoxy) is 2. The molecule has 2 unspecified atom stereocenters. The van der Waals surface area contributed by atoms with Crippen LogP contribution in [0.4, 0.5) is 5.69 Å². The average molecular weight is 251 g/mol. The SMILES string of the molecule is CC(=O)OCC1OC1Nc1ccccc1C(=O)O. The predicted octanol–water partition coefficient (Wildman–Crippen LogP) is 1.08. The number of anilines is 1. The number of para-hydroxylation sites is 1. The van der Waals surface area contributed by atoms with Crippen molar-refractivity contribution in [2.75, 3.05) is 11.9 Å². The van der Waals surface area contributed by atoms with E-state index in [-0.39, 0.29) is 30.5 Å². The van der Waals surface area contributed by atoms with Crippen molar-refractivity contribution in [3.05, 3.63) is 29.8 Å². The molecule has 0 saturated carbocycles. The molecule has 0 bridgehead atoms. The molecule has 2 atom stereocenters. The number of aromatic carboxylic acids is 1. The van der Waals surface area contributed by atoms with E-state index in [1.54, 1.807) is 18.2 Å². The third-order valence-corrected chi connectivity index (χ3v) is 2.49. The summed E-state index contributed by atoms with van der Waals surface area (Å²) in [6, 6.07) is 6.55. The Morgan fingerprint density at radius 1 is 1.44 bits per heavy atom. The molecular formula is C12H13NO5. The van der Waals surface area contributed by atoms with E-state index in [2.05, 4.69) is 5.32 Å². The van der Waals surface area contributed by atoms with Gasteiger partial charge in [0.05, 0.1) is 11.3 Å². The van der Waals surface area contributed by atoms with Gasteiger partial charge in [-0.1, -0.05) is 12.1 Å². The van der Waals surface area contributed by atoms with Crippen LogP contribution in [0.2, 0.25) is 0 Å². The maximum Gasteiger partial charge on any atom is 0.337 e. The summed E-state index contributed by atoms with van der Waals surface area (Å²) in [5, 5.41) is 11.9. The molecule has 1 saturated heterocycles. The van der Waals surface area contributed by atoms with Crippen molar-refractivity contribution in [3.8, 4) is 0 Å². The topological polar surface area (TPSA) is 88.2 Å². The van der Waals surface area contributed by atoms with Crippen molar-refractivity contribution in [2.24, 2.45) is 0 Å². The fourth-order valence-electron chi connectivity index (χ4n) is 1.54. The van der Waals surface area contributed by atoms with Gasteiger partial charge in [0, 0.05) is 6.92 Å². The third-order valence-electron chi connectivity index (χ3n) is 2.49. The highest BCUT2D eigenvalue weighted by Crippen LogP contribution is 2.26. The second-order valence-electron chi connectivity index (χ2n) is 3.89. The minimum absolute atomic E-state index is 0.169. The molecule has 18 heavy (non-hydrogen) atoms. The van der Waals surface area contributed by atoms with Gasteiger partial charge >= 0.3 is 11.9 Å². The zero-order valence-electron chi connectivity index (χ0n) is 9.75. The minimum atomic E-state index is -1.00. The summed E-state index contributed by atoms with van der Waals surface area (Å²) in [6.07, 6.45) is -0.541. The lowest BCUT2D eigenvalue weighted by atomic mass is 10.2. The number of esters is 1. The Morgan fingerprint density at radius 2 is 2.17 bits per heavy atom. The van der Waals surface area contributed by atoms with E-state index in [0.717, 1.165) is 0 Å². The number of carbonyl (C=O) groups is 2. The Kier molecular flexibility index (Phi) is 3.47. The molecule has 1 aromatic carbocycles. The van der Waals surface area contributed by atoms with Crippen LogP contribution < -0.4 is 5.32 Å². The second-order valence-corrected chi connectivity index (χ2v) is 3.89. The van der Waals surface area contributed by atoms with E-state index in [1.807, 2.05) is 0 Å². The van der Waals surface area contributed by atoms with Crippen LogP contribution in [-0.2, 0) is 14.3 Å². The normalized spacial score (nSPS) is 21.2. The van der Waals surface area contributed by atoms with E-state index in [1.165, 1.54) is 13.0 Å². The number of carboxylic acid groups (broad SMARTS) is 1. The predicted molar refractivity (Wildman–Crippen MR) is 62.3 cm³/mol. The van der Waals surface area contributed by atoms with Crippen LogP contribution in [0.5, 0.6) is 0 Å². The van der Waals surface area contributed by atoms with Crippen molar-refractivity contribution in [3.63, 3.8) is 0 Å². The monoisotopic (exact) mass is 251 g/mol. The molecule has 1 heterocycles. The van der Waals surface area contributed by atoms with Crippen LogP contribution in [-0.4, -0.2) is 36.0 Å². The summed E-state index contributed by atoms with van der Waals surface area (Å²) in [4.78, 5) is 21.6. The van der Waals surface area contributed by atoms with Gasteiger partial charge in [-0.3, -0.25) is 4.79 Å². The first kappa shape index (κ1) is 12.4. The number of carboxylic acids is 1. The highest BCUT2D eigenvalue weighted by Gasteiger charge is 2.40. The molecular weight excluding hydrogens is 238 g/mol. The molecule has 0 aliphatic carbocycles. The van der Waals surface area contributed by atoms with Gasteiger partial charge in [0.15, 0.2) is 6.23 Å². The number of hydrogen-bond donors (Lipinski definition) is 2. The lowest BCUT2D eigenvalue weighted by Gasteiger charge is -2.06. The summed E-state index contributed by atoms with van der Waals surface area (Å²) in [7, 11) is 0. The molecule has 0 amide bonds. The number of rotatable bonds is 5. The maximum absolute atomic E-state index is 11.0. The number of hydrogen-bond acceptors (Lipinski definition) is 5. The molecule has 96 valence electrons. The van der Waals surface area contributed by atoms with Gasteiger partial charge in [-0.25, -0.2) is 4.79 Å². The number of epoxide rings is 1. The van der Waals surface area contributed by atoms with E-state index in [4.69, 9.17) is 14.6 Å². The molecule has 6 heteroatoms. The Morgan fingerprint density at radius 3 is 2.83 bits per heavy atom. The van der Waals surface area contributed by atoms with Crippen molar-refractivity contribution in [1.82, 2.24) is 0 Å². The molecule has 2 N–H and O–H groups in total. The van der Waals surface area contributed by atoms with Crippen LogP contribution in [0.3, 0.4) is 0 Å². The van der Waals surface area contributed by atoms with E-state index in [9.17, 15) is 9.59 Å². The summed E-state index contributed by atoms with van der Waals surface area (Å²) >= 11 is 0. The van der Waals surface area contributed by atoms with Crippen LogP contribution in [0.25, 0.3) is 0 Å². The van der Waals surface area contributed by atoms with Gasteiger partial charge < -0.3 is 19.9 Å². The van der Waals surface area contributed by atoms with Gasteiger partial charge in [-0.2, -0.15) is 0 Å². The third kappa shape index (κ3) is 2.98. The van der Waals surface area contributed by atoms with Crippen molar-refractivity contribution in [2.45, 2.75) is 19.3 Å². The Labute approximate surface area is 104 Å². The van der Waals surface area contributed by atoms with Gasteiger partial charge in [0.25, 0.3) is 0 Å². The molecule has 1 aliphatic heterocycles. The molecule has 2 rings (SSSR count). The zero-order chi connectivity index (χ0) is 13.1. The van der Waals surface area contributed by atoms with Crippen LogP contribution in [0, 0.1) is 0 Å². The number of carbonyl (C=O) groups excluding carboxylic acids is 1. The quantitative estimate of drug-likeness (QED) is 0.601. The second kappa shape index (κ2) is 5.05. The Balaban J connectivity index is 1.92. The molecule has 1 aliphatic rings. The van der Waals surface area contributed by atoms with Crippen LogP contribution >= 0.6 is 0 Å². The molecule has 0 aromatic heterocycles. The number of benzene rings is 1. The zero-order valence-corrected chi connectivity index (χ0v) is 9.75.